The first-order valence-electron chi connectivity index (χ1n) is 13.6. The molecule has 2 heterocycles. The summed E-state index contributed by atoms with van der Waals surface area (Å²) in [4.78, 5) is 0. The molecular weight excluding hydrogens is 486 g/mol. The van der Waals surface area contributed by atoms with Gasteiger partial charge >= 0.3 is 0 Å². The van der Waals surface area contributed by atoms with Gasteiger partial charge in [0.25, 0.3) is 0 Å². The van der Waals surface area contributed by atoms with Crippen LogP contribution in [0.4, 0.5) is 0 Å². The van der Waals surface area contributed by atoms with Crippen LogP contribution in [0.1, 0.15) is 0 Å². The lowest BCUT2D eigenvalue weighted by atomic mass is 9.89. The number of aromatic nitrogens is 2. The third-order valence-electron chi connectivity index (χ3n) is 8.39. The number of hydrogen-bond donors (Lipinski definition) is 1. The van der Waals surface area contributed by atoms with Crippen LogP contribution in [-0.4, -0.2) is 9.24 Å². The number of fused-ring (bicyclic) bond motifs is 6. The molecule has 0 saturated heterocycles. The number of rotatable bonds is 3. The maximum Gasteiger partial charge on any atom is 0.0704 e. The van der Waals surface area contributed by atoms with Crippen molar-refractivity contribution in [1.29, 1.82) is 0 Å². The summed E-state index contributed by atoms with van der Waals surface area (Å²) >= 11 is 0. The Morgan fingerprint density at radius 1 is 0.400 bits per heavy atom. The van der Waals surface area contributed by atoms with Crippen LogP contribution in [0.3, 0.4) is 0 Å². The van der Waals surface area contributed by atoms with Gasteiger partial charge in [-0.05, 0) is 69.8 Å². The predicted octanol–water partition coefficient (Wildman–Crippen LogP) is 9.15. The topological polar surface area (TPSA) is 35.9 Å². The molecule has 0 atom stereocenters. The number of benzene rings is 6. The second-order valence-electron chi connectivity index (χ2n) is 10.5. The van der Waals surface area contributed by atoms with Gasteiger partial charge in [-0.2, -0.15) is 0 Å². The van der Waals surface area contributed by atoms with E-state index in [-0.39, 0.29) is 0 Å². The molecule has 40 heavy (non-hydrogen) atoms. The molecule has 0 unspecified atom stereocenters. The summed E-state index contributed by atoms with van der Waals surface area (Å²) in [6.07, 6.45) is 0. The molecule has 0 aliphatic heterocycles. The molecule has 0 spiro atoms. The largest absolute Gasteiger partial charge is 0.344 e. The maximum atomic E-state index is 6.46. The van der Waals surface area contributed by atoms with E-state index in [1.807, 2.05) is 6.07 Å². The average molecular weight is 514 g/mol. The fourth-order valence-electron chi connectivity index (χ4n) is 6.45. The monoisotopic (exact) mass is 513 g/mol. The summed E-state index contributed by atoms with van der Waals surface area (Å²) in [6.45, 7) is 0. The van der Waals surface area contributed by atoms with Gasteiger partial charge in [0.05, 0.1) is 11.0 Å². The number of hydrogen-bond acceptors (Lipinski definition) is 1. The van der Waals surface area contributed by atoms with Gasteiger partial charge < -0.3 is 10.4 Å². The van der Waals surface area contributed by atoms with Crippen LogP contribution in [0.15, 0.2) is 133 Å². The van der Waals surface area contributed by atoms with Crippen LogP contribution in [0.5, 0.6) is 0 Å². The maximum absolute atomic E-state index is 6.46. The van der Waals surface area contributed by atoms with E-state index in [1.165, 1.54) is 66.0 Å². The molecule has 2 aromatic heterocycles. The molecule has 0 radical (unpaired) electrons. The smallest absolute Gasteiger partial charge is 0.0704 e. The molecule has 190 valence electrons. The Kier molecular flexibility index (Phi) is 4.89. The van der Waals surface area contributed by atoms with Crippen LogP contribution in [0.2, 0.25) is 0 Å². The summed E-state index contributed by atoms with van der Waals surface area (Å²) in [6, 6.07) is 47.9. The van der Waals surface area contributed by atoms with Crippen molar-refractivity contribution in [3.05, 3.63) is 133 Å². The summed E-state index contributed by atoms with van der Waals surface area (Å²) < 4.78 is 4.07. The predicted molar refractivity (Wildman–Crippen MR) is 170 cm³/mol. The van der Waals surface area contributed by atoms with Gasteiger partial charge in [0.2, 0.25) is 0 Å². The van der Waals surface area contributed by atoms with Crippen LogP contribution in [-0.2, 0) is 7.05 Å². The van der Waals surface area contributed by atoms with Crippen molar-refractivity contribution in [2.24, 2.45) is 7.05 Å². The van der Waals surface area contributed by atoms with Gasteiger partial charge in [0, 0.05) is 39.6 Å². The fourth-order valence-corrected chi connectivity index (χ4v) is 6.45. The zero-order valence-electron chi connectivity index (χ0n) is 22.2. The molecule has 0 aliphatic carbocycles. The molecule has 8 rings (SSSR count). The van der Waals surface area contributed by atoms with Crippen molar-refractivity contribution < 1.29 is 0 Å². The first-order valence-corrected chi connectivity index (χ1v) is 13.6. The number of aryl methyl sites for hydroxylation is 1. The summed E-state index contributed by atoms with van der Waals surface area (Å²) in [5, 5.41) is 4.90. The Balaban J connectivity index is 1.33. The van der Waals surface area contributed by atoms with Crippen molar-refractivity contribution in [2.75, 3.05) is 5.84 Å². The highest BCUT2D eigenvalue weighted by molar-refractivity contribution is 6.11. The highest BCUT2D eigenvalue weighted by Gasteiger charge is 2.16. The van der Waals surface area contributed by atoms with Crippen molar-refractivity contribution in [1.82, 2.24) is 9.24 Å². The van der Waals surface area contributed by atoms with Gasteiger partial charge in [-0.25, -0.2) is 0 Å². The minimum Gasteiger partial charge on any atom is -0.344 e. The van der Waals surface area contributed by atoms with Gasteiger partial charge in [0.1, 0.15) is 0 Å². The number of nitrogens with two attached hydrogens (primary N) is 1. The number of nitrogens with zero attached hydrogens (tertiary/aromatic N) is 2. The second-order valence-corrected chi connectivity index (χ2v) is 10.5. The van der Waals surface area contributed by atoms with E-state index in [0.29, 0.717) is 0 Å². The van der Waals surface area contributed by atoms with Crippen molar-refractivity contribution in [3.8, 4) is 33.4 Å². The zero-order valence-corrected chi connectivity index (χ0v) is 22.2. The normalized spacial score (nSPS) is 11.7. The second kappa shape index (κ2) is 8.62. The molecule has 0 fully saturated rings. The Hall–Kier alpha value is -5.28. The first kappa shape index (κ1) is 22.7. The highest BCUT2D eigenvalue weighted by atomic mass is 15.3. The number of nitrogen functional groups attached to an aromatic ring is 1. The van der Waals surface area contributed by atoms with E-state index in [0.717, 1.165) is 11.0 Å². The molecule has 3 nitrogen and oxygen atoms in total. The van der Waals surface area contributed by atoms with Gasteiger partial charge in [-0.15, -0.1) is 0 Å². The van der Waals surface area contributed by atoms with Gasteiger partial charge in [0.15, 0.2) is 0 Å². The molecular formula is C37H27N3. The molecule has 0 bridgehead atoms. The molecule has 8 aromatic rings. The van der Waals surface area contributed by atoms with Crippen molar-refractivity contribution in [2.45, 2.75) is 0 Å². The van der Waals surface area contributed by atoms with E-state index in [1.54, 1.807) is 4.68 Å². The van der Waals surface area contributed by atoms with Crippen LogP contribution in [0, 0.1) is 0 Å². The van der Waals surface area contributed by atoms with Crippen LogP contribution < -0.4 is 5.84 Å². The van der Waals surface area contributed by atoms with Crippen LogP contribution in [0.25, 0.3) is 77.0 Å². The molecule has 3 heteroatoms. The third-order valence-corrected chi connectivity index (χ3v) is 8.39. The molecule has 2 N–H and O–H groups in total. The van der Waals surface area contributed by atoms with Crippen molar-refractivity contribution >= 4 is 43.6 Å². The Morgan fingerprint density at radius 3 is 1.43 bits per heavy atom. The lowest BCUT2D eigenvalue weighted by Gasteiger charge is -2.15. The number of para-hydroxylation sites is 2. The molecule has 0 amide bonds. The average Bonchev–Trinajstić information content (AvgIpc) is 3.47. The van der Waals surface area contributed by atoms with Crippen molar-refractivity contribution in [3.63, 3.8) is 0 Å². The van der Waals surface area contributed by atoms with E-state index in [2.05, 4.69) is 139 Å². The molecule has 6 aromatic carbocycles. The summed E-state index contributed by atoms with van der Waals surface area (Å²) in [7, 11) is 2.15. The zero-order chi connectivity index (χ0) is 26.8. The lowest BCUT2D eigenvalue weighted by molar-refractivity contribution is 1.01. The van der Waals surface area contributed by atoms with Gasteiger partial charge in [-0.1, -0.05) is 97.1 Å². The molecule has 0 aliphatic rings. The highest BCUT2D eigenvalue weighted by Crippen LogP contribution is 2.41. The Morgan fingerprint density at radius 2 is 0.800 bits per heavy atom. The summed E-state index contributed by atoms with van der Waals surface area (Å²) in [5.74, 6) is 6.46. The van der Waals surface area contributed by atoms with E-state index >= 15 is 0 Å². The standard InChI is InChI=1S/C37H27N3/c1-39-34-16-8-6-14-30(34)32-22-24(18-20-35(32)39)26-10-2-4-12-28(26)29-13-5-3-11-27(29)25-19-21-37-33(23-25)31-15-7-9-17-36(31)40(37)38/h2-23H,38H2,1H3. The quantitative estimate of drug-likeness (QED) is 0.235. The Bertz CT molecular complexity index is 2090. The third kappa shape index (κ3) is 3.25. The van der Waals surface area contributed by atoms with Gasteiger partial charge in [-0.3, -0.25) is 4.68 Å². The first-order chi connectivity index (χ1) is 19.7. The SMILES string of the molecule is Cn1c2ccccc2c2cc(-c3ccccc3-c3ccccc3-c3ccc4c(c3)c3ccccc3n4N)ccc21. The lowest BCUT2D eigenvalue weighted by Crippen LogP contribution is -2.06. The molecule has 0 saturated carbocycles. The minimum absolute atomic E-state index is 1.03. The van der Waals surface area contributed by atoms with E-state index < -0.39 is 0 Å². The van der Waals surface area contributed by atoms with E-state index in [4.69, 9.17) is 5.84 Å². The van der Waals surface area contributed by atoms with E-state index in [9.17, 15) is 0 Å². The Labute approximate surface area is 232 Å². The summed E-state index contributed by atoms with van der Waals surface area (Å²) in [5.41, 5.74) is 11.8. The fraction of sp³-hybridized carbons (Fsp3) is 0.0270. The van der Waals surface area contributed by atoms with Crippen LogP contribution >= 0.6 is 0 Å². The minimum atomic E-state index is 1.03.